The summed E-state index contributed by atoms with van der Waals surface area (Å²) in [5, 5.41) is 7.04. The fourth-order valence-corrected chi connectivity index (χ4v) is 4.95. The number of carbonyl (C=O) groups is 2. The summed E-state index contributed by atoms with van der Waals surface area (Å²) in [5.74, 6) is 0.884. The lowest BCUT2D eigenvalue weighted by molar-refractivity contribution is -0.131. The summed E-state index contributed by atoms with van der Waals surface area (Å²) < 4.78 is 5.18. The van der Waals surface area contributed by atoms with Crippen molar-refractivity contribution in [3.63, 3.8) is 0 Å². The molecule has 3 heterocycles. The van der Waals surface area contributed by atoms with Crippen LogP contribution >= 0.6 is 0 Å². The fraction of sp³-hybridized carbons (Fsp3) is 0.542. The van der Waals surface area contributed by atoms with Gasteiger partial charge in [-0.05, 0) is 25.3 Å². The molecule has 2 fully saturated rings. The van der Waals surface area contributed by atoms with Gasteiger partial charge in [-0.2, -0.15) is 0 Å². The number of rotatable bonds is 6. The van der Waals surface area contributed by atoms with Crippen LogP contribution in [0.25, 0.3) is 0 Å². The van der Waals surface area contributed by atoms with Gasteiger partial charge in [0.15, 0.2) is 0 Å². The van der Waals surface area contributed by atoms with Gasteiger partial charge in [0.05, 0.1) is 11.6 Å². The molecular formula is C24H32N4O3. The van der Waals surface area contributed by atoms with Crippen LogP contribution in [-0.2, 0) is 11.3 Å². The van der Waals surface area contributed by atoms with Crippen LogP contribution in [0.15, 0.2) is 34.9 Å². The molecule has 2 aliphatic heterocycles. The molecule has 4 rings (SSSR count). The van der Waals surface area contributed by atoms with Crippen LogP contribution < -0.4 is 5.32 Å². The van der Waals surface area contributed by atoms with Crippen molar-refractivity contribution in [1.29, 1.82) is 0 Å². The van der Waals surface area contributed by atoms with Gasteiger partial charge in [0.25, 0.3) is 5.91 Å². The van der Waals surface area contributed by atoms with Gasteiger partial charge in [-0.15, -0.1) is 0 Å². The summed E-state index contributed by atoms with van der Waals surface area (Å²) in [5.41, 5.74) is 2.20. The predicted octanol–water partition coefficient (Wildman–Crippen LogP) is 2.64. The molecule has 7 nitrogen and oxygen atoms in total. The molecule has 2 saturated heterocycles. The van der Waals surface area contributed by atoms with E-state index in [4.69, 9.17) is 4.52 Å². The Labute approximate surface area is 183 Å². The Kier molecular flexibility index (Phi) is 5.88. The minimum atomic E-state index is -0.204. The van der Waals surface area contributed by atoms with Crippen LogP contribution in [-0.4, -0.2) is 59.5 Å². The Morgan fingerprint density at radius 3 is 2.52 bits per heavy atom. The maximum absolute atomic E-state index is 13.1. The number of likely N-dealkylation sites (tertiary alicyclic amines) is 2. The van der Waals surface area contributed by atoms with Gasteiger partial charge in [0, 0.05) is 44.7 Å². The first-order valence-electron chi connectivity index (χ1n) is 11.1. The van der Waals surface area contributed by atoms with Crippen molar-refractivity contribution in [3.05, 3.63) is 52.9 Å². The molecule has 1 unspecified atom stereocenters. The van der Waals surface area contributed by atoms with E-state index >= 15 is 0 Å². The number of carbonyl (C=O) groups excluding carboxylic acids is 2. The van der Waals surface area contributed by atoms with Crippen LogP contribution in [0.1, 0.15) is 41.2 Å². The lowest BCUT2D eigenvalue weighted by atomic mass is 9.71. The maximum atomic E-state index is 13.1. The molecule has 1 aromatic carbocycles. The molecule has 7 heteroatoms. The first-order valence-corrected chi connectivity index (χ1v) is 11.1. The molecule has 1 atom stereocenters. The van der Waals surface area contributed by atoms with Gasteiger partial charge in [0.2, 0.25) is 5.91 Å². The summed E-state index contributed by atoms with van der Waals surface area (Å²) in [6.45, 7) is 11.9. The van der Waals surface area contributed by atoms with E-state index in [9.17, 15) is 9.59 Å². The highest BCUT2D eigenvalue weighted by molar-refractivity contribution is 5.97. The second kappa shape index (κ2) is 8.46. The van der Waals surface area contributed by atoms with Gasteiger partial charge in [-0.3, -0.25) is 14.5 Å². The van der Waals surface area contributed by atoms with Crippen LogP contribution in [0, 0.1) is 31.1 Å². The summed E-state index contributed by atoms with van der Waals surface area (Å²) >= 11 is 0. The van der Waals surface area contributed by atoms with E-state index in [-0.39, 0.29) is 23.1 Å². The molecule has 166 valence electrons. The van der Waals surface area contributed by atoms with Crippen molar-refractivity contribution in [1.82, 2.24) is 20.3 Å². The summed E-state index contributed by atoms with van der Waals surface area (Å²) in [6.07, 6.45) is 0. The Hall–Kier alpha value is -2.67. The average molecular weight is 425 g/mol. The Morgan fingerprint density at radius 1 is 1.19 bits per heavy atom. The monoisotopic (exact) mass is 424 g/mol. The lowest BCUT2D eigenvalue weighted by Gasteiger charge is -2.50. The van der Waals surface area contributed by atoms with Crippen molar-refractivity contribution in [2.24, 2.45) is 17.3 Å². The molecule has 31 heavy (non-hydrogen) atoms. The van der Waals surface area contributed by atoms with E-state index in [0.717, 1.165) is 13.1 Å². The molecule has 0 bridgehead atoms. The Bertz CT molecular complexity index is 927. The van der Waals surface area contributed by atoms with Crippen LogP contribution in [0.2, 0.25) is 0 Å². The zero-order chi connectivity index (χ0) is 22.2. The van der Waals surface area contributed by atoms with Crippen molar-refractivity contribution in [2.45, 2.75) is 34.2 Å². The van der Waals surface area contributed by atoms with E-state index in [1.807, 2.05) is 23.1 Å². The van der Waals surface area contributed by atoms with Crippen molar-refractivity contribution in [3.8, 4) is 0 Å². The van der Waals surface area contributed by atoms with Gasteiger partial charge < -0.3 is 14.7 Å². The summed E-state index contributed by atoms with van der Waals surface area (Å²) in [7, 11) is 0. The van der Waals surface area contributed by atoms with Crippen molar-refractivity contribution in [2.75, 3.05) is 32.7 Å². The fourth-order valence-electron chi connectivity index (χ4n) is 4.95. The Balaban J connectivity index is 1.49. The van der Waals surface area contributed by atoms with E-state index < -0.39 is 0 Å². The van der Waals surface area contributed by atoms with Gasteiger partial charge in [0.1, 0.15) is 11.3 Å². The largest absolute Gasteiger partial charge is 0.361 e. The number of hydrogen-bond acceptors (Lipinski definition) is 5. The van der Waals surface area contributed by atoms with E-state index in [1.165, 1.54) is 5.56 Å². The number of nitrogens with zero attached hydrogens (tertiary/aromatic N) is 3. The second-order valence-electron chi connectivity index (χ2n) is 9.57. The van der Waals surface area contributed by atoms with Crippen LogP contribution in [0.4, 0.5) is 0 Å². The smallest absolute Gasteiger partial charge is 0.259 e. The summed E-state index contributed by atoms with van der Waals surface area (Å²) in [4.78, 5) is 30.3. The Morgan fingerprint density at radius 2 is 1.90 bits per heavy atom. The third-order valence-electron chi connectivity index (χ3n) is 6.51. The minimum Gasteiger partial charge on any atom is -0.361 e. The molecule has 2 aromatic rings. The number of amides is 2. The number of hydrogen-bond donors (Lipinski definition) is 1. The number of nitrogens with one attached hydrogen (secondary N) is 1. The molecule has 0 aliphatic carbocycles. The molecule has 1 aromatic heterocycles. The zero-order valence-corrected chi connectivity index (χ0v) is 18.9. The highest BCUT2D eigenvalue weighted by atomic mass is 16.5. The average Bonchev–Trinajstić information content (AvgIpc) is 3.25. The molecule has 2 amide bonds. The van der Waals surface area contributed by atoms with Crippen molar-refractivity contribution < 1.29 is 14.1 Å². The molecular weight excluding hydrogens is 392 g/mol. The normalized spacial score (nSPS) is 20.3. The first kappa shape index (κ1) is 21.6. The highest BCUT2D eigenvalue weighted by Crippen LogP contribution is 2.45. The predicted molar refractivity (Wildman–Crippen MR) is 117 cm³/mol. The van der Waals surface area contributed by atoms with Crippen molar-refractivity contribution >= 4 is 11.8 Å². The third kappa shape index (κ3) is 4.24. The second-order valence-corrected chi connectivity index (χ2v) is 9.57. The first-order chi connectivity index (χ1) is 14.8. The van der Waals surface area contributed by atoms with Gasteiger partial charge in [-0.1, -0.05) is 49.3 Å². The number of benzene rings is 1. The molecule has 2 aliphatic rings. The van der Waals surface area contributed by atoms with E-state index in [0.29, 0.717) is 49.1 Å². The van der Waals surface area contributed by atoms with Gasteiger partial charge in [-0.25, -0.2) is 0 Å². The molecule has 0 saturated carbocycles. The standard InChI is InChI=1S/C24H32N4O3/c1-16(2)10-25-22(29)20-12-27(11-19-8-6-5-7-9-19)13-24(20)14-28(15-24)23(30)21-17(3)26-31-18(21)4/h5-9,16,20H,10-15H2,1-4H3,(H,25,29). The lowest BCUT2D eigenvalue weighted by Crippen LogP contribution is -2.64. The van der Waals surface area contributed by atoms with Crippen LogP contribution in [0.5, 0.6) is 0 Å². The highest BCUT2D eigenvalue weighted by Gasteiger charge is 2.58. The number of aromatic nitrogens is 1. The minimum absolute atomic E-state index is 0.0512. The molecule has 1 spiro atoms. The SMILES string of the molecule is Cc1noc(C)c1C(=O)N1CC2(CN(Cc3ccccc3)CC2C(=O)NCC(C)C)C1. The topological polar surface area (TPSA) is 78.7 Å². The zero-order valence-electron chi connectivity index (χ0n) is 18.9. The van der Waals surface area contributed by atoms with E-state index in [1.54, 1.807) is 13.8 Å². The third-order valence-corrected chi connectivity index (χ3v) is 6.51. The molecule has 1 N–H and O–H groups in total. The number of aryl methyl sites for hydroxylation is 2. The maximum Gasteiger partial charge on any atom is 0.259 e. The van der Waals surface area contributed by atoms with Gasteiger partial charge >= 0.3 is 0 Å². The quantitative estimate of drug-likeness (QED) is 0.771. The molecule has 0 radical (unpaired) electrons. The summed E-state index contributed by atoms with van der Waals surface area (Å²) in [6, 6.07) is 10.3. The van der Waals surface area contributed by atoms with E-state index in [2.05, 4.69) is 41.4 Å². The van der Waals surface area contributed by atoms with Crippen LogP contribution in [0.3, 0.4) is 0 Å².